The minimum Gasteiger partial charge on any atom is -0.480 e. The first-order chi connectivity index (χ1) is 10.0. The number of para-hydroxylation sites is 1. The van der Waals surface area contributed by atoms with E-state index in [-0.39, 0.29) is 0 Å². The molecule has 1 unspecified atom stereocenters. The Morgan fingerprint density at radius 3 is 2.86 bits per heavy atom. The van der Waals surface area contributed by atoms with Crippen LogP contribution in [-0.2, 0) is 4.79 Å². The molecule has 2 rings (SSSR count). The highest BCUT2D eigenvalue weighted by molar-refractivity contribution is 7.99. The number of aromatic amines is 1. The van der Waals surface area contributed by atoms with Gasteiger partial charge < -0.3 is 15.4 Å². The number of carboxylic acid groups (broad SMARTS) is 1. The summed E-state index contributed by atoms with van der Waals surface area (Å²) >= 11 is 1.74. The highest BCUT2D eigenvalue weighted by atomic mass is 32.2. The van der Waals surface area contributed by atoms with E-state index < -0.39 is 11.5 Å². The molecular weight excluding hydrogens is 284 g/mol. The number of carboxylic acids is 1. The van der Waals surface area contributed by atoms with Crippen LogP contribution in [0.3, 0.4) is 0 Å². The van der Waals surface area contributed by atoms with Gasteiger partial charge in [-0.2, -0.15) is 0 Å². The second-order valence-electron chi connectivity index (χ2n) is 5.34. The molecule has 0 aliphatic carbocycles. The van der Waals surface area contributed by atoms with Crippen molar-refractivity contribution in [1.82, 2.24) is 10.3 Å². The van der Waals surface area contributed by atoms with E-state index in [9.17, 15) is 9.90 Å². The zero-order valence-electron chi connectivity index (χ0n) is 12.5. The van der Waals surface area contributed by atoms with Crippen LogP contribution in [0.1, 0.15) is 26.7 Å². The smallest absolute Gasteiger partial charge is 0.323 e. The van der Waals surface area contributed by atoms with Crippen LogP contribution in [0.15, 0.2) is 35.4 Å². The number of nitrogens with one attached hydrogen (secondary N) is 2. The summed E-state index contributed by atoms with van der Waals surface area (Å²) in [6.45, 7) is 4.35. The van der Waals surface area contributed by atoms with E-state index in [0.717, 1.165) is 22.7 Å². The Morgan fingerprint density at radius 2 is 2.19 bits per heavy atom. The van der Waals surface area contributed by atoms with Gasteiger partial charge in [-0.05, 0) is 44.2 Å². The molecule has 0 amide bonds. The molecule has 0 radical (unpaired) electrons. The van der Waals surface area contributed by atoms with E-state index in [0.29, 0.717) is 13.0 Å². The van der Waals surface area contributed by atoms with Crippen molar-refractivity contribution in [3.63, 3.8) is 0 Å². The van der Waals surface area contributed by atoms with Gasteiger partial charge in [0, 0.05) is 10.9 Å². The molecule has 0 saturated carbocycles. The summed E-state index contributed by atoms with van der Waals surface area (Å²) in [6, 6.07) is 10.3. The van der Waals surface area contributed by atoms with Crippen LogP contribution in [0.25, 0.3) is 10.9 Å². The van der Waals surface area contributed by atoms with Gasteiger partial charge in [0.25, 0.3) is 0 Å². The Bertz CT molecular complexity index is 578. The summed E-state index contributed by atoms with van der Waals surface area (Å²) in [5.41, 5.74) is 0.318. The van der Waals surface area contributed by atoms with Crippen molar-refractivity contribution in [2.24, 2.45) is 0 Å². The van der Waals surface area contributed by atoms with Crippen molar-refractivity contribution in [3.8, 4) is 0 Å². The van der Waals surface area contributed by atoms with Crippen molar-refractivity contribution < 1.29 is 9.90 Å². The third-order valence-electron chi connectivity index (χ3n) is 3.62. The first-order valence-corrected chi connectivity index (χ1v) is 8.23. The third kappa shape index (κ3) is 4.02. The van der Waals surface area contributed by atoms with Crippen molar-refractivity contribution in [3.05, 3.63) is 30.3 Å². The largest absolute Gasteiger partial charge is 0.480 e. The van der Waals surface area contributed by atoms with Gasteiger partial charge in [0.1, 0.15) is 5.54 Å². The topological polar surface area (TPSA) is 65.1 Å². The van der Waals surface area contributed by atoms with Crippen LogP contribution >= 0.6 is 11.8 Å². The monoisotopic (exact) mass is 306 g/mol. The van der Waals surface area contributed by atoms with Crippen molar-refractivity contribution in [1.29, 1.82) is 0 Å². The predicted molar refractivity (Wildman–Crippen MR) is 88.0 cm³/mol. The lowest BCUT2D eigenvalue weighted by molar-refractivity contribution is -0.144. The van der Waals surface area contributed by atoms with Crippen LogP contribution < -0.4 is 5.32 Å². The minimum atomic E-state index is -0.824. The van der Waals surface area contributed by atoms with Gasteiger partial charge >= 0.3 is 5.97 Å². The number of aliphatic carboxylic acids is 1. The van der Waals surface area contributed by atoms with Gasteiger partial charge in [0.2, 0.25) is 0 Å². The summed E-state index contributed by atoms with van der Waals surface area (Å²) in [7, 11) is 0. The lowest BCUT2D eigenvalue weighted by atomic mass is 9.96. The number of hydrogen-bond donors (Lipinski definition) is 3. The Hall–Kier alpha value is -1.46. The van der Waals surface area contributed by atoms with Gasteiger partial charge in [-0.25, -0.2) is 0 Å². The summed E-state index contributed by atoms with van der Waals surface area (Å²) < 4.78 is 0. The Balaban J connectivity index is 1.85. The van der Waals surface area contributed by atoms with Crippen LogP contribution in [0.4, 0.5) is 0 Å². The van der Waals surface area contributed by atoms with Crippen molar-refractivity contribution in [2.45, 2.75) is 37.3 Å². The van der Waals surface area contributed by atoms with Crippen LogP contribution in [0.5, 0.6) is 0 Å². The molecule has 1 heterocycles. The fourth-order valence-electron chi connectivity index (χ4n) is 2.39. The number of rotatable bonds is 8. The number of hydrogen-bond acceptors (Lipinski definition) is 3. The van der Waals surface area contributed by atoms with E-state index in [4.69, 9.17) is 0 Å². The number of benzene rings is 1. The number of carbonyl (C=O) groups is 1. The molecule has 114 valence electrons. The first-order valence-electron chi connectivity index (χ1n) is 7.24. The molecule has 4 nitrogen and oxygen atoms in total. The maximum atomic E-state index is 11.3. The molecule has 3 N–H and O–H groups in total. The zero-order valence-corrected chi connectivity index (χ0v) is 13.3. The average Bonchev–Trinajstić information content (AvgIpc) is 2.86. The van der Waals surface area contributed by atoms with Gasteiger partial charge in [0.15, 0.2) is 0 Å². The van der Waals surface area contributed by atoms with Crippen LogP contribution in [0.2, 0.25) is 0 Å². The number of likely N-dealkylation sites (N-methyl/N-ethyl adjacent to an activating group) is 1. The summed E-state index contributed by atoms with van der Waals surface area (Å²) in [4.78, 5) is 14.7. The molecule has 1 aromatic carbocycles. The zero-order chi connectivity index (χ0) is 15.3. The fraction of sp³-hybridized carbons (Fsp3) is 0.438. The minimum absolute atomic E-state index is 0.628. The normalized spacial score (nSPS) is 14.2. The quantitative estimate of drug-likeness (QED) is 0.516. The molecule has 0 spiro atoms. The predicted octanol–water partition coefficient (Wildman–Crippen LogP) is 3.49. The summed E-state index contributed by atoms with van der Waals surface area (Å²) in [5.74, 6) is 0.126. The maximum Gasteiger partial charge on any atom is 0.323 e. The third-order valence-corrected chi connectivity index (χ3v) is 4.65. The molecular formula is C16H22N2O2S. The molecule has 0 saturated heterocycles. The molecule has 5 heteroatoms. The Morgan fingerprint density at radius 1 is 1.43 bits per heavy atom. The van der Waals surface area contributed by atoms with Crippen molar-refractivity contribution in [2.75, 3.05) is 12.3 Å². The Labute approximate surface area is 129 Å². The van der Waals surface area contributed by atoms with Gasteiger partial charge in [0.05, 0.1) is 5.03 Å². The van der Waals surface area contributed by atoms with Crippen LogP contribution in [-0.4, -0.2) is 33.9 Å². The SMILES string of the molecule is CCNC(C)(CCCSc1cc2ccccc2[nH]1)C(=O)O. The molecule has 21 heavy (non-hydrogen) atoms. The van der Waals surface area contributed by atoms with Gasteiger partial charge in [-0.3, -0.25) is 4.79 Å². The second kappa shape index (κ2) is 7.00. The highest BCUT2D eigenvalue weighted by Gasteiger charge is 2.31. The molecule has 0 fully saturated rings. The molecule has 0 aliphatic heterocycles. The van der Waals surface area contributed by atoms with E-state index >= 15 is 0 Å². The molecule has 1 aromatic heterocycles. The molecule has 1 atom stereocenters. The lowest BCUT2D eigenvalue weighted by Gasteiger charge is -2.25. The first kappa shape index (κ1) is 15.9. The van der Waals surface area contributed by atoms with E-state index in [1.165, 1.54) is 5.39 Å². The number of fused-ring (bicyclic) bond motifs is 1. The standard InChI is InChI=1S/C16H22N2O2S/c1-3-17-16(2,15(19)20)9-6-10-21-14-11-12-7-4-5-8-13(12)18-14/h4-5,7-8,11,17-18H,3,6,9-10H2,1-2H3,(H,19,20). The number of H-pyrrole nitrogens is 1. The lowest BCUT2D eigenvalue weighted by Crippen LogP contribution is -2.49. The summed E-state index contributed by atoms with van der Waals surface area (Å²) in [6.07, 6.45) is 1.49. The van der Waals surface area contributed by atoms with Gasteiger partial charge in [-0.1, -0.05) is 25.1 Å². The van der Waals surface area contributed by atoms with Gasteiger partial charge in [-0.15, -0.1) is 11.8 Å². The van der Waals surface area contributed by atoms with E-state index in [1.54, 1.807) is 18.7 Å². The highest BCUT2D eigenvalue weighted by Crippen LogP contribution is 2.25. The molecule has 0 aliphatic rings. The van der Waals surface area contributed by atoms with Crippen LogP contribution in [0, 0.1) is 0 Å². The average molecular weight is 306 g/mol. The second-order valence-corrected chi connectivity index (χ2v) is 6.48. The number of thioether (sulfide) groups is 1. The number of aromatic nitrogens is 1. The Kier molecular flexibility index (Phi) is 5.31. The fourth-order valence-corrected chi connectivity index (χ4v) is 3.29. The van der Waals surface area contributed by atoms with E-state index in [1.807, 2.05) is 19.1 Å². The molecule has 2 aromatic rings. The molecule has 0 bridgehead atoms. The summed E-state index contributed by atoms with van der Waals surface area (Å²) in [5, 5.41) is 14.7. The van der Waals surface area contributed by atoms with Crippen molar-refractivity contribution >= 4 is 28.6 Å². The maximum absolute atomic E-state index is 11.3. The van der Waals surface area contributed by atoms with E-state index in [2.05, 4.69) is 28.5 Å².